The molecule has 0 atom stereocenters. The van der Waals surface area contributed by atoms with Gasteiger partial charge in [-0.25, -0.2) is 4.79 Å². The lowest BCUT2D eigenvalue weighted by Gasteiger charge is -2.12. The molecule has 0 spiro atoms. The molecule has 0 radical (unpaired) electrons. The Morgan fingerprint density at radius 1 is 1.11 bits per heavy atom. The average Bonchev–Trinajstić information content (AvgIpc) is 2.67. The molecule has 27 heavy (non-hydrogen) atoms. The predicted molar refractivity (Wildman–Crippen MR) is 102 cm³/mol. The van der Waals surface area contributed by atoms with Gasteiger partial charge in [0.05, 0.1) is 18.4 Å². The monoisotopic (exact) mass is 384 g/mol. The van der Waals surface area contributed by atoms with Crippen LogP contribution < -0.4 is 10.3 Å². The molecule has 1 heterocycles. The molecule has 0 aliphatic rings. The number of hydrogen-bond donors (Lipinski definition) is 0. The van der Waals surface area contributed by atoms with Gasteiger partial charge in [0.15, 0.2) is 5.75 Å². The van der Waals surface area contributed by atoms with Crippen molar-refractivity contribution in [2.24, 2.45) is 0 Å². The zero-order valence-electron chi connectivity index (χ0n) is 14.6. The third kappa shape index (κ3) is 4.54. The Morgan fingerprint density at radius 3 is 2.59 bits per heavy atom. The topological polar surface area (TPSA) is 70.4 Å². The van der Waals surface area contributed by atoms with Crippen LogP contribution in [0.3, 0.4) is 0 Å². The highest BCUT2D eigenvalue weighted by Crippen LogP contribution is 2.19. The van der Waals surface area contributed by atoms with Crippen molar-refractivity contribution in [3.8, 4) is 11.4 Å². The Hall–Kier alpha value is -3.12. The van der Waals surface area contributed by atoms with E-state index in [0.29, 0.717) is 10.7 Å². The quantitative estimate of drug-likeness (QED) is 0.607. The highest BCUT2D eigenvalue weighted by Gasteiger charge is 2.20. The predicted octanol–water partition coefficient (Wildman–Crippen LogP) is 3.64. The minimum Gasteiger partial charge on any atom is -0.486 e. The van der Waals surface area contributed by atoms with Crippen LogP contribution in [0, 0.1) is 0 Å². The van der Waals surface area contributed by atoms with Gasteiger partial charge in [0.25, 0.3) is 5.56 Å². The third-order valence-corrected chi connectivity index (χ3v) is 3.88. The van der Waals surface area contributed by atoms with Gasteiger partial charge < -0.3 is 9.47 Å². The molecule has 0 unspecified atom stereocenters. The van der Waals surface area contributed by atoms with Gasteiger partial charge >= 0.3 is 5.97 Å². The largest absolute Gasteiger partial charge is 0.486 e. The maximum absolute atomic E-state index is 12.5. The van der Waals surface area contributed by atoms with Crippen molar-refractivity contribution < 1.29 is 14.3 Å². The minimum atomic E-state index is -0.664. The van der Waals surface area contributed by atoms with Gasteiger partial charge in [-0.15, -0.1) is 0 Å². The first kappa shape index (κ1) is 18.7. The van der Waals surface area contributed by atoms with Crippen LogP contribution in [0.1, 0.15) is 23.0 Å². The number of carbonyl (C=O) groups excluding carboxylic acids is 1. The van der Waals surface area contributed by atoms with Gasteiger partial charge in [-0.05, 0) is 36.8 Å². The Bertz CT molecular complexity index is 1000. The van der Waals surface area contributed by atoms with Gasteiger partial charge in [-0.2, -0.15) is 9.78 Å². The Morgan fingerprint density at radius 2 is 1.89 bits per heavy atom. The number of halogens is 1. The van der Waals surface area contributed by atoms with Gasteiger partial charge in [0.2, 0.25) is 5.69 Å². The second-order valence-electron chi connectivity index (χ2n) is 5.58. The number of aromatic nitrogens is 2. The van der Waals surface area contributed by atoms with E-state index in [1.54, 1.807) is 49.4 Å². The number of hydrogen-bond acceptors (Lipinski definition) is 5. The lowest BCUT2D eigenvalue weighted by molar-refractivity contribution is 0.0511. The third-order valence-electron chi connectivity index (χ3n) is 3.65. The number of para-hydroxylation sites is 1. The minimum absolute atomic E-state index is 0.0607. The van der Waals surface area contributed by atoms with Crippen molar-refractivity contribution in [2.75, 3.05) is 6.61 Å². The van der Waals surface area contributed by atoms with Crippen molar-refractivity contribution in [3.63, 3.8) is 0 Å². The van der Waals surface area contributed by atoms with Crippen LogP contribution in [0.25, 0.3) is 5.69 Å². The summed E-state index contributed by atoms with van der Waals surface area (Å²) < 4.78 is 11.9. The number of ether oxygens (including phenoxy) is 2. The molecule has 0 bridgehead atoms. The summed E-state index contributed by atoms with van der Waals surface area (Å²) in [6.07, 6.45) is 0. The summed E-state index contributed by atoms with van der Waals surface area (Å²) >= 11 is 5.97. The first-order chi connectivity index (χ1) is 13.1. The molecule has 6 nitrogen and oxygen atoms in total. The van der Waals surface area contributed by atoms with Crippen LogP contribution >= 0.6 is 11.6 Å². The van der Waals surface area contributed by atoms with Crippen LogP contribution in [0.5, 0.6) is 5.75 Å². The van der Waals surface area contributed by atoms with Gasteiger partial charge in [0.1, 0.15) is 6.61 Å². The lowest BCUT2D eigenvalue weighted by Crippen LogP contribution is -2.25. The standard InChI is InChI=1S/C20H17ClN2O4/c1-2-26-20(25)19-17(27-13-14-7-6-8-15(21)11-14)12-18(24)23(22-19)16-9-4-3-5-10-16/h3-12H,2,13H2,1H3. The van der Waals surface area contributed by atoms with E-state index in [0.717, 1.165) is 10.2 Å². The Balaban J connectivity index is 1.98. The molecule has 1 aromatic heterocycles. The molecule has 0 fully saturated rings. The van der Waals surface area contributed by atoms with E-state index in [1.807, 2.05) is 12.1 Å². The number of nitrogens with zero attached hydrogens (tertiary/aromatic N) is 2. The number of carbonyl (C=O) groups is 1. The van der Waals surface area contributed by atoms with Gasteiger partial charge in [-0.3, -0.25) is 4.79 Å². The molecule has 0 saturated heterocycles. The zero-order valence-corrected chi connectivity index (χ0v) is 15.3. The molecule has 0 N–H and O–H groups in total. The fraction of sp³-hybridized carbons (Fsp3) is 0.150. The first-order valence-electron chi connectivity index (χ1n) is 8.32. The highest BCUT2D eigenvalue weighted by molar-refractivity contribution is 6.30. The Labute approximate surface area is 160 Å². The van der Waals surface area contributed by atoms with E-state index in [1.165, 1.54) is 6.07 Å². The van der Waals surface area contributed by atoms with Crippen LogP contribution in [-0.4, -0.2) is 22.4 Å². The number of esters is 1. The normalized spacial score (nSPS) is 10.4. The summed E-state index contributed by atoms with van der Waals surface area (Å²) in [5.74, 6) is -0.603. The Kier molecular flexibility index (Phi) is 5.88. The summed E-state index contributed by atoms with van der Waals surface area (Å²) in [5, 5.41) is 4.74. The van der Waals surface area contributed by atoms with E-state index in [4.69, 9.17) is 21.1 Å². The SMILES string of the molecule is CCOC(=O)c1nn(-c2ccccc2)c(=O)cc1OCc1cccc(Cl)c1. The second kappa shape index (κ2) is 8.51. The van der Waals surface area contributed by atoms with Crippen LogP contribution in [0.4, 0.5) is 0 Å². The van der Waals surface area contributed by atoms with Crippen molar-refractivity contribution in [1.29, 1.82) is 0 Å². The second-order valence-corrected chi connectivity index (χ2v) is 6.02. The van der Waals surface area contributed by atoms with Gasteiger partial charge in [0, 0.05) is 5.02 Å². The smallest absolute Gasteiger partial charge is 0.362 e. The van der Waals surface area contributed by atoms with E-state index in [-0.39, 0.29) is 24.7 Å². The first-order valence-corrected chi connectivity index (χ1v) is 8.70. The zero-order chi connectivity index (χ0) is 19.2. The molecule has 0 saturated carbocycles. The summed E-state index contributed by atoms with van der Waals surface area (Å²) in [5.41, 5.74) is 0.844. The van der Waals surface area contributed by atoms with Gasteiger partial charge in [-0.1, -0.05) is 41.9 Å². The fourth-order valence-corrected chi connectivity index (χ4v) is 2.65. The van der Waals surface area contributed by atoms with Crippen molar-refractivity contribution >= 4 is 17.6 Å². The number of benzene rings is 2. The lowest BCUT2D eigenvalue weighted by atomic mass is 10.2. The molecule has 0 aliphatic carbocycles. The average molecular weight is 385 g/mol. The van der Waals surface area contributed by atoms with E-state index >= 15 is 0 Å². The maximum atomic E-state index is 12.5. The molecular weight excluding hydrogens is 368 g/mol. The molecular formula is C20H17ClN2O4. The van der Waals surface area contributed by atoms with Crippen molar-refractivity contribution in [3.05, 3.63) is 87.3 Å². The van der Waals surface area contributed by atoms with Crippen molar-refractivity contribution in [1.82, 2.24) is 9.78 Å². The molecule has 0 aliphatic heterocycles. The van der Waals surface area contributed by atoms with Crippen LogP contribution in [0.15, 0.2) is 65.5 Å². The van der Waals surface area contributed by atoms with Crippen molar-refractivity contribution in [2.45, 2.75) is 13.5 Å². The molecule has 138 valence electrons. The van der Waals surface area contributed by atoms with E-state index in [9.17, 15) is 9.59 Å². The molecule has 2 aromatic carbocycles. The molecule has 0 amide bonds. The fourth-order valence-electron chi connectivity index (χ4n) is 2.43. The summed E-state index contributed by atoms with van der Waals surface area (Å²) in [4.78, 5) is 24.8. The van der Waals surface area contributed by atoms with Crippen LogP contribution in [0.2, 0.25) is 5.02 Å². The summed E-state index contributed by atoms with van der Waals surface area (Å²) in [7, 11) is 0. The molecule has 3 rings (SSSR count). The molecule has 3 aromatic rings. The van der Waals surface area contributed by atoms with E-state index in [2.05, 4.69) is 5.10 Å². The molecule has 7 heteroatoms. The maximum Gasteiger partial charge on any atom is 0.362 e. The number of rotatable bonds is 6. The van der Waals surface area contributed by atoms with E-state index < -0.39 is 11.5 Å². The summed E-state index contributed by atoms with van der Waals surface area (Å²) in [6.45, 7) is 2.00. The van der Waals surface area contributed by atoms with Crippen LogP contribution in [-0.2, 0) is 11.3 Å². The summed E-state index contributed by atoms with van der Waals surface area (Å²) in [6, 6.07) is 17.1. The highest BCUT2D eigenvalue weighted by atomic mass is 35.5.